The third kappa shape index (κ3) is 0.888. The average Bonchev–Trinajstić information content (AvgIpc) is 2.00. The molecule has 4 aliphatic rings. The molecule has 4 fully saturated rings. The van der Waals surface area contributed by atoms with Crippen molar-refractivity contribution in [1.82, 2.24) is 5.32 Å². The largest absolute Gasteiger partial charge is 0.481 e. The van der Waals surface area contributed by atoms with E-state index >= 15 is 0 Å². The predicted molar refractivity (Wildman–Crippen MR) is 51.9 cm³/mol. The number of piperidine rings is 1. The Morgan fingerprint density at radius 1 is 1.21 bits per heavy atom. The Morgan fingerprint density at radius 2 is 1.79 bits per heavy atom. The fraction of sp³-hybridized carbons (Fsp3) is 0.909. The Labute approximate surface area is 83.9 Å². The van der Waals surface area contributed by atoms with Crippen molar-refractivity contribution in [2.75, 3.05) is 13.1 Å². The first-order chi connectivity index (χ1) is 6.67. The maximum Gasteiger partial charge on any atom is 0.309 e. The van der Waals surface area contributed by atoms with Crippen LogP contribution in [0, 0.1) is 16.7 Å². The molecule has 4 rings (SSSR count). The smallest absolute Gasteiger partial charge is 0.309 e. The third-order valence-corrected chi connectivity index (χ3v) is 4.73. The fourth-order valence-electron chi connectivity index (χ4n) is 3.96. The number of aliphatic carboxylic acids is 1. The van der Waals surface area contributed by atoms with Crippen LogP contribution in [0.3, 0.4) is 0 Å². The van der Waals surface area contributed by atoms with Crippen LogP contribution >= 0.6 is 0 Å². The molecule has 0 aromatic carbocycles. The van der Waals surface area contributed by atoms with Crippen LogP contribution in [-0.4, -0.2) is 24.2 Å². The number of rotatable bonds is 2. The molecule has 0 unspecified atom stereocenters. The molecule has 1 saturated heterocycles. The van der Waals surface area contributed by atoms with Gasteiger partial charge in [0.25, 0.3) is 0 Å². The summed E-state index contributed by atoms with van der Waals surface area (Å²) in [6.45, 7) is 2.26. The minimum Gasteiger partial charge on any atom is -0.481 e. The van der Waals surface area contributed by atoms with Crippen molar-refractivity contribution in [3.05, 3.63) is 0 Å². The summed E-state index contributed by atoms with van der Waals surface area (Å²) in [5.74, 6) is 0.262. The predicted octanol–water partition coefficient (Wildman–Crippen LogP) is 1.24. The van der Waals surface area contributed by atoms with Crippen molar-refractivity contribution < 1.29 is 9.90 Å². The van der Waals surface area contributed by atoms with Crippen molar-refractivity contribution in [2.45, 2.75) is 32.1 Å². The van der Waals surface area contributed by atoms with Gasteiger partial charge in [0.15, 0.2) is 0 Å². The number of hydrogen-bond donors (Lipinski definition) is 2. The Hall–Kier alpha value is -0.570. The molecule has 0 atom stereocenters. The van der Waals surface area contributed by atoms with Gasteiger partial charge in [0.05, 0.1) is 5.41 Å². The molecular formula is C11H17NO2. The molecule has 1 heterocycles. The molecule has 0 aromatic rings. The zero-order valence-corrected chi connectivity index (χ0v) is 8.38. The zero-order chi connectivity index (χ0) is 9.81. The summed E-state index contributed by atoms with van der Waals surface area (Å²) in [7, 11) is 0. The van der Waals surface area contributed by atoms with Crippen LogP contribution in [0.5, 0.6) is 0 Å². The van der Waals surface area contributed by atoms with Crippen molar-refractivity contribution in [3.8, 4) is 0 Å². The quantitative estimate of drug-likeness (QED) is 0.697. The first kappa shape index (κ1) is 8.72. The normalized spacial score (nSPS) is 46.6. The van der Waals surface area contributed by atoms with E-state index in [4.69, 9.17) is 5.11 Å². The van der Waals surface area contributed by atoms with E-state index in [0.717, 1.165) is 38.3 Å². The SMILES string of the molecule is O=C(O)C12CC(C3CCNCC3)(C1)C2. The van der Waals surface area contributed by atoms with Gasteiger partial charge >= 0.3 is 5.97 Å². The highest BCUT2D eigenvalue weighted by Gasteiger charge is 2.73. The highest BCUT2D eigenvalue weighted by Crippen LogP contribution is 2.77. The molecule has 2 bridgehead atoms. The molecule has 0 radical (unpaired) electrons. The van der Waals surface area contributed by atoms with Crippen molar-refractivity contribution >= 4 is 5.97 Å². The van der Waals surface area contributed by atoms with Crippen LogP contribution < -0.4 is 5.32 Å². The van der Waals surface area contributed by atoms with Crippen molar-refractivity contribution in [1.29, 1.82) is 0 Å². The van der Waals surface area contributed by atoms with Crippen LogP contribution in [0.4, 0.5) is 0 Å². The minimum absolute atomic E-state index is 0.273. The molecule has 3 nitrogen and oxygen atoms in total. The van der Waals surface area contributed by atoms with E-state index < -0.39 is 5.97 Å². The lowest BCUT2D eigenvalue weighted by Crippen LogP contribution is -2.68. The standard InChI is InChI=1S/C11H17NO2/c13-9(14)11-5-10(6-11,7-11)8-1-3-12-4-2-8/h8,12H,1-7H2,(H,13,14). The lowest BCUT2D eigenvalue weighted by Gasteiger charge is -2.71. The van der Waals surface area contributed by atoms with Gasteiger partial charge in [0.1, 0.15) is 0 Å². The highest BCUT2D eigenvalue weighted by molar-refractivity contribution is 5.79. The maximum atomic E-state index is 11.0. The van der Waals surface area contributed by atoms with Crippen molar-refractivity contribution in [3.63, 3.8) is 0 Å². The van der Waals surface area contributed by atoms with E-state index in [1.807, 2.05) is 0 Å². The zero-order valence-electron chi connectivity index (χ0n) is 8.38. The Kier molecular flexibility index (Phi) is 1.56. The van der Waals surface area contributed by atoms with Gasteiger partial charge in [0.2, 0.25) is 0 Å². The molecule has 78 valence electrons. The summed E-state index contributed by atoms with van der Waals surface area (Å²) in [4.78, 5) is 11.0. The van der Waals surface area contributed by atoms with Gasteiger partial charge < -0.3 is 10.4 Å². The first-order valence-electron chi connectivity index (χ1n) is 5.61. The number of hydrogen-bond acceptors (Lipinski definition) is 2. The third-order valence-electron chi connectivity index (χ3n) is 4.73. The number of carbonyl (C=O) groups is 1. The van der Waals surface area contributed by atoms with Crippen LogP contribution in [-0.2, 0) is 4.79 Å². The Balaban J connectivity index is 1.65. The second-order valence-electron chi connectivity index (χ2n) is 5.50. The molecule has 3 saturated carbocycles. The lowest BCUT2D eigenvalue weighted by atomic mass is 9.31. The van der Waals surface area contributed by atoms with E-state index in [0.29, 0.717) is 5.41 Å². The van der Waals surface area contributed by atoms with Gasteiger partial charge in [0, 0.05) is 0 Å². The van der Waals surface area contributed by atoms with Crippen LogP contribution in [0.1, 0.15) is 32.1 Å². The average molecular weight is 195 g/mol. The van der Waals surface area contributed by atoms with Gasteiger partial charge in [-0.2, -0.15) is 0 Å². The molecule has 14 heavy (non-hydrogen) atoms. The number of nitrogens with one attached hydrogen (secondary N) is 1. The molecular weight excluding hydrogens is 178 g/mol. The summed E-state index contributed by atoms with van der Waals surface area (Å²) in [5.41, 5.74) is 0.186. The molecule has 3 heteroatoms. The van der Waals surface area contributed by atoms with Gasteiger partial charge in [-0.25, -0.2) is 0 Å². The van der Waals surface area contributed by atoms with Crippen molar-refractivity contribution in [2.24, 2.45) is 16.7 Å². The minimum atomic E-state index is -0.548. The summed E-state index contributed by atoms with van der Waals surface area (Å²) in [6.07, 6.45) is 5.44. The molecule has 2 N–H and O–H groups in total. The summed E-state index contributed by atoms with van der Waals surface area (Å²) in [5, 5.41) is 12.4. The van der Waals surface area contributed by atoms with Crippen LogP contribution in [0.2, 0.25) is 0 Å². The number of carboxylic acid groups (broad SMARTS) is 1. The molecule has 0 spiro atoms. The van der Waals surface area contributed by atoms with E-state index in [9.17, 15) is 4.79 Å². The van der Waals surface area contributed by atoms with Gasteiger partial charge in [-0.15, -0.1) is 0 Å². The summed E-state index contributed by atoms with van der Waals surface area (Å²) >= 11 is 0. The molecule has 3 aliphatic carbocycles. The molecule has 1 aliphatic heterocycles. The molecule has 0 aromatic heterocycles. The fourth-order valence-corrected chi connectivity index (χ4v) is 3.96. The first-order valence-corrected chi connectivity index (χ1v) is 5.61. The number of carboxylic acids is 1. The highest BCUT2D eigenvalue weighted by atomic mass is 16.4. The van der Waals surface area contributed by atoms with E-state index in [1.54, 1.807) is 0 Å². The Bertz CT molecular complexity index is 261. The van der Waals surface area contributed by atoms with E-state index in [2.05, 4.69) is 5.32 Å². The van der Waals surface area contributed by atoms with Crippen LogP contribution in [0.15, 0.2) is 0 Å². The van der Waals surface area contributed by atoms with Crippen LogP contribution in [0.25, 0.3) is 0 Å². The lowest BCUT2D eigenvalue weighted by molar-refractivity contribution is -0.245. The van der Waals surface area contributed by atoms with Gasteiger partial charge in [-0.3, -0.25) is 4.79 Å². The summed E-state index contributed by atoms with van der Waals surface area (Å²) < 4.78 is 0. The van der Waals surface area contributed by atoms with Gasteiger partial charge in [-0.1, -0.05) is 0 Å². The monoisotopic (exact) mass is 195 g/mol. The maximum absolute atomic E-state index is 11.0. The van der Waals surface area contributed by atoms with E-state index in [1.165, 1.54) is 12.8 Å². The Morgan fingerprint density at radius 3 is 2.29 bits per heavy atom. The summed E-state index contributed by atoms with van der Waals surface area (Å²) in [6, 6.07) is 0. The second-order valence-corrected chi connectivity index (χ2v) is 5.50. The second kappa shape index (κ2) is 2.51. The molecule has 0 amide bonds. The van der Waals surface area contributed by atoms with Gasteiger partial charge in [-0.05, 0) is 56.5 Å². The van der Waals surface area contributed by atoms with E-state index in [-0.39, 0.29) is 5.41 Å². The topological polar surface area (TPSA) is 49.3 Å².